The lowest BCUT2D eigenvalue weighted by atomic mass is 10.1. The maximum atomic E-state index is 12.1. The molecule has 3 rings (SSSR count). The van der Waals surface area contributed by atoms with E-state index in [-0.39, 0.29) is 29.6 Å². The van der Waals surface area contributed by atoms with Crippen LogP contribution in [0.15, 0.2) is 23.8 Å². The zero-order chi connectivity index (χ0) is 24.2. The van der Waals surface area contributed by atoms with E-state index in [0.717, 1.165) is 6.08 Å². The van der Waals surface area contributed by atoms with Crippen molar-refractivity contribution < 1.29 is 38.3 Å². The first-order valence-corrected chi connectivity index (χ1v) is 11.4. The van der Waals surface area contributed by atoms with Gasteiger partial charge in [0.05, 0.1) is 19.5 Å². The number of rotatable bonds is 11. The Balaban J connectivity index is 1.53. The first-order chi connectivity index (χ1) is 15.6. The van der Waals surface area contributed by atoms with Crippen LogP contribution in [0.2, 0.25) is 0 Å². The smallest absolute Gasteiger partial charge is 0.387 e. The molecule has 2 aromatic rings. The van der Waals surface area contributed by atoms with Crippen LogP contribution in [-0.4, -0.2) is 78.6 Å². The normalized spacial score (nSPS) is 24.6. The number of aliphatic hydroxyl groups excluding tert-OH is 2. The van der Waals surface area contributed by atoms with Gasteiger partial charge in [0.25, 0.3) is 5.56 Å². The van der Waals surface area contributed by atoms with Crippen LogP contribution in [0.3, 0.4) is 0 Å². The van der Waals surface area contributed by atoms with Gasteiger partial charge in [-0.25, -0.2) is 9.55 Å². The number of carbonyl (C=O) groups excluding carboxylic acids is 1. The highest BCUT2D eigenvalue weighted by Gasteiger charge is 2.45. The summed E-state index contributed by atoms with van der Waals surface area (Å²) >= 11 is 0. The zero-order valence-electron chi connectivity index (χ0n) is 17.4. The van der Waals surface area contributed by atoms with Gasteiger partial charge in [0.1, 0.15) is 18.3 Å². The predicted molar refractivity (Wildman–Crippen MR) is 113 cm³/mol. The first kappa shape index (κ1) is 25.0. The number of aromatic amines is 1. The second-order valence-corrected chi connectivity index (χ2v) is 8.57. The summed E-state index contributed by atoms with van der Waals surface area (Å²) in [5, 5.41) is 23.2. The Labute approximate surface area is 186 Å². The van der Waals surface area contributed by atoms with Crippen molar-refractivity contribution in [3.05, 3.63) is 29.3 Å². The van der Waals surface area contributed by atoms with Gasteiger partial charge in [-0.3, -0.25) is 28.2 Å². The van der Waals surface area contributed by atoms with Crippen molar-refractivity contribution in [3.8, 4) is 0 Å². The molecule has 0 spiro atoms. The third kappa shape index (κ3) is 6.03. The van der Waals surface area contributed by atoms with E-state index in [2.05, 4.69) is 26.8 Å². The maximum Gasteiger partial charge on any atom is 0.472 e. The molecule has 3 heterocycles. The van der Waals surface area contributed by atoms with Crippen molar-refractivity contribution in [2.75, 3.05) is 25.5 Å². The van der Waals surface area contributed by atoms with Crippen molar-refractivity contribution >= 4 is 30.8 Å². The number of nitrogen functional groups attached to an aromatic ring is 1. The van der Waals surface area contributed by atoms with Crippen molar-refractivity contribution in [1.29, 1.82) is 0 Å². The Morgan fingerprint density at radius 1 is 1.39 bits per heavy atom. The summed E-state index contributed by atoms with van der Waals surface area (Å²) in [7, 11) is -4.47. The summed E-state index contributed by atoms with van der Waals surface area (Å²) in [6, 6.07) is 0. The zero-order valence-corrected chi connectivity index (χ0v) is 18.3. The third-order valence-corrected chi connectivity index (χ3v) is 5.76. The number of hydrogen-bond donors (Lipinski definition) is 6. The third-order valence-electron chi connectivity index (χ3n) is 4.77. The van der Waals surface area contributed by atoms with Crippen molar-refractivity contribution in [2.45, 2.75) is 37.4 Å². The number of aliphatic hydroxyl groups is 2. The van der Waals surface area contributed by atoms with Crippen LogP contribution >= 0.6 is 7.82 Å². The topological polar surface area (TPSA) is 224 Å². The van der Waals surface area contributed by atoms with Gasteiger partial charge in [0.15, 0.2) is 17.4 Å². The maximum absolute atomic E-state index is 12.1. The van der Waals surface area contributed by atoms with E-state index in [0.29, 0.717) is 19.4 Å². The number of unbranched alkanes of at least 4 members (excludes halogenated alkanes) is 1. The summed E-state index contributed by atoms with van der Waals surface area (Å²) in [5.74, 6) is -0.499. The van der Waals surface area contributed by atoms with E-state index in [1.807, 2.05) is 0 Å². The molecule has 0 bridgehead atoms. The fraction of sp³-hybridized carbons (Fsp3) is 0.529. The SMILES string of the molecule is C=CC(=O)NCCCCOP(=O)(O)OC[C@H]1O[C@@H](n2cnc3c(=O)[nH]c(N)nc32)[C@H](O)[C@@H]1O. The molecule has 0 aliphatic carbocycles. The van der Waals surface area contributed by atoms with Crippen molar-refractivity contribution in [1.82, 2.24) is 24.8 Å². The molecule has 0 aromatic carbocycles. The number of fused-ring (bicyclic) bond motifs is 1. The van der Waals surface area contributed by atoms with Crippen LogP contribution in [0, 0.1) is 0 Å². The molecule has 1 unspecified atom stereocenters. The number of hydrogen-bond acceptors (Lipinski definition) is 11. The van der Waals surface area contributed by atoms with Gasteiger partial charge in [-0.1, -0.05) is 6.58 Å². The number of aromatic nitrogens is 4. The molecule has 15 nitrogen and oxygen atoms in total. The Bertz CT molecular complexity index is 1100. The lowest BCUT2D eigenvalue weighted by Gasteiger charge is -2.17. The fourth-order valence-electron chi connectivity index (χ4n) is 3.12. The minimum atomic E-state index is -4.47. The Hall–Kier alpha value is -2.65. The molecule has 1 fully saturated rings. The van der Waals surface area contributed by atoms with E-state index in [4.69, 9.17) is 19.5 Å². The Morgan fingerprint density at radius 3 is 2.88 bits per heavy atom. The van der Waals surface area contributed by atoms with E-state index >= 15 is 0 Å². The Kier molecular flexibility index (Phi) is 7.97. The van der Waals surface area contributed by atoms with Crippen LogP contribution < -0.4 is 16.6 Å². The van der Waals surface area contributed by atoms with E-state index in [1.54, 1.807) is 0 Å². The second kappa shape index (κ2) is 10.5. The van der Waals surface area contributed by atoms with Gasteiger partial charge in [0.2, 0.25) is 11.9 Å². The summed E-state index contributed by atoms with van der Waals surface area (Å²) in [6.45, 7) is 2.99. The van der Waals surface area contributed by atoms with Gasteiger partial charge < -0.3 is 30.9 Å². The summed E-state index contributed by atoms with van der Waals surface area (Å²) < 4.78 is 28.6. The fourth-order valence-corrected chi connectivity index (χ4v) is 3.89. The number of imidazole rings is 1. The number of nitrogens with one attached hydrogen (secondary N) is 2. The predicted octanol–water partition coefficient (Wildman–Crippen LogP) is -1.46. The van der Waals surface area contributed by atoms with E-state index < -0.39 is 44.5 Å². The summed E-state index contributed by atoms with van der Waals surface area (Å²) in [4.78, 5) is 42.9. The minimum absolute atomic E-state index is 0.0227. The summed E-state index contributed by atoms with van der Waals surface area (Å²) in [6.07, 6.45) is -2.18. The average Bonchev–Trinajstić information content (AvgIpc) is 3.30. The molecular formula is C17H25N6O9P. The summed E-state index contributed by atoms with van der Waals surface area (Å²) in [5.41, 5.74) is 4.93. The number of nitrogens with two attached hydrogens (primary N) is 1. The molecule has 2 aromatic heterocycles. The molecular weight excluding hydrogens is 463 g/mol. The van der Waals surface area contributed by atoms with E-state index in [9.17, 15) is 29.3 Å². The van der Waals surface area contributed by atoms with Gasteiger partial charge >= 0.3 is 7.82 Å². The second-order valence-electron chi connectivity index (χ2n) is 7.12. The molecule has 1 aliphatic heterocycles. The van der Waals surface area contributed by atoms with Crippen LogP contribution in [0.4, 0.5) is 5.95 Å². The van der Waals surface area contributed by atoms with Crippen LogP contribution in [-0.2, 0) is 23.1 Å². The number of amides is 1. The largest absolute Gasteiger partial charge is 0.472 e. The Morgan fingerprint density at radius 2 is 2.15 bits per heavy atom. The molecule has 7 N–H and O–H groups in total. The first-order valence-electron chi connectivity index (χ1n) is 9.89. The molecule has 1 saturated heterocycles. The lowest BCUT2D eigenvalue weighted by Crippen LogP contribution is -2.33. The van der Waals surface area contributed by atoms with Crippen molar-refractivity contribution in [3.63, 3.8) is 0 Å². The highest BCUT2D eigenvalue weighted by molar-refractivity contribution is 7.47. The molecule has 5 atom stereocenters. The number of ether oxygens (including phenoxy) is 1. The number of phosphoric ester groups is 1. The van der Waals surface area contributed by atoms with Gasteiger partial charge in [0, 0.05) is 6.54 Å². The molecule has 1 aliphatic rings. The minimum Gasteiger partial charge on any atom is -0.387 e. The molecule has 16 heteroatoms. The quantitative estimate of drug-likeness (QED) is 0.121. The number of anilines is 1. The highest BCUT2D eigenvalue weighted by Crippen LogP contribution is 2.44. The highest BCUT2D eigenvalue weighted by atomic mass is 31.2. The lowest BCUT2D eigenvalue weighted by molar-refractivity contribution is -0.116. The number of nitrogens with zero attached hydrogens (tertiary/aromatic N) is 3. The van der Waals surface area contributed by atoms with Gasteiger partial charge in [-0.05, 0) is 18.9 Å². The number of H-pyrrole nitrogens is 1. The average molecular weight is 488 g/mol. The van der Waals surface area contributed by atoms with Gasteiger partial charge in [-0.15, -0.1) is 0 Å². The van der Waals surface area contributed by atoms with Crippen LogP contribution in [0.25, 0.3) is 11.2 Å². The number of phosphoric acid groups is 1. The molecule has 1 amide bonds. The molecule has 0 saturated carbocycles. The monoisotopic (exact) mass is 488 g/mol. The molecule has 182 valence electrons. The van der Waals surface area contributed by atoms with Crippen LogP contribution in [0.1, 0.15) is 19.1 Å². The molecule has 0 radical (unpaired) electrons. The standard InChI is InChI=1S/C17H25N6O9P/c1-2-10(24)19-5-3-4-6-30-33(28,29)31-7-9-12(25)13(26)16(32-9)23-8-20-11-14(23)21-17(18)22-15(11)27/h2,8-9,12-13,16,25-26H,1,3-7H2,(H,19,24)(H,28,29)(H3,18,21,22,27)/t9-,12-,13-,16-/m1/s1. The van der Waals surface area contributed by atoms with Crippen LogP contribution in [0.5, 0.6) is 0 Å². The number of carbonyl (C=O) groups is 1. The van der Waals surface area contributed by atoms with Crippen molar-refractivity contribution in [2.24, 2.45) is 0 Å². The van der Waals surface area contributed by atoms with Gasteiger partial charge in [-0.2, -0.15) is 4.98 Å². The molecule has 33 heavy (non-hydrogen) atoms. The van der Waals surface area contributed by atoms with E-state index in [1.165, 1.54) is 10.9 Å².